The van der Waals surface area contributed by atoms with Gasteiger partial charge in [-0.05, 0) is 12.1 Å². The van der Waals surface area contributed by atoms with E-state index in [4.69, 9.17) is 0 Å². The number of thioether (sulfide) groups is 1. The quantitative estimate of drug-likeness (QED) is 0.907. The minimum Gasteiger partial charge on any atom is -0.324 e. The number of carbonyl (C=O) groups excluding carboxylic acids is 2. The van der Waals surface area contributed by atoms with Gasteiger partial charge in [0.2, 0.25) is 11.8 Å². The fourth-order valence-corrected chi connectivity index (χ4v) is 3.18. The average molecular weight is 302 g/mol. The molecule has 0 fully saturated rings. The molecule has 0 spiro atoms. The molecule has 108 valence electrons. The smallest absolute Gasteiger partial charge is 0.238 e. The maximum Gasteiger partial charge on any atom is 0.238 e. The van der Waals surface area contributed by atoms with Gasteiger partial charge in [-0.25, -0.2) is 0 Å². The van der Waals surface area contributed by atoms with Crippen LogP contribution in [0.5, 0.6) is 0 Å². The van der Waals surface area contributed by atoms with Crippen LogP contribution in [0.1, 0.15) is 6.42 Å². The van der Waals surface area contributed by atoms with Crippen molar-refractivity contribution in [3.05, 3.63) is 36.5 Å². The zero-order valence-corrected chi connectivity index (χ0v) is 12.2. The number of nitrogens with one attached hydrogen (secondary N) is 2. The number of para-hydroxylation sites is 1. The van der Waals surface area contributed by atoms with Crippen molar-refractivity contribution < 1.29 is 9.59 Å². The van der Waals surface area contributed by atoms with E-state index in [1.807, 2.05) is 24.3 Å². The van der Waals surface area contributed by atoms with E-state index in [9.17, 15) is 9.59 Å². The van der Waals surface area contributed by atoms with Gasteiger partial charge in [0.15, 0.2) is 5.82 Å². The highest BCUT2D eigenvalue weighted by atomic mass is 32.2. The zero-order valence-electron chi connectivity index (χ0n) is 11.4. The number of hydrogen-bond donors (Lipinski definition) is 2. The van der Waals surface area contributed by atoms with Crippen molar-refractivity contribution in [2.45, 2.75) is 16.6 Å². The minimum atomic E-state index is -0.427. The highest BCUT2D eigenvalue weighted by Crippen LogP contribution is 2.36. The van der Waals surface area contributed by atoms with E-state index in [1.165, 1.54) is 11.8 Å². The molecule has 2 N–H and O–H groups in total. The van der Waals surface area contributed by atoms with Crippen molar-refractivity contribution in [3.63, 3.8) is 0 Å². The lowest BCUT2D eigenvalue weighted by atomic mass is 10.2. The predicted octanol–water partition coefficient (Wildman–Crippen LogP) is 1.86. The number of benzene rings is 1. The van der Waals surface area contributed by atoms with Crippen LogP contribution in [0, 0.1) is 0 Å². The molecule has 0 unspecified atom stereocenters. The monoisotopic (exact) mass is 302 g/mol. The number of rotatable bonds is 3. The molecule has 0 saturated carbocycles. The van der Waals surface area contributed by atoms with Crippen LogP contribution in [-0.2, 0) is 16.6 Å². The van der Waals surface area contributed by atoms with Gasteiger partial charge < -0.3 is 10.6 Å². The van der Waals surface area contributed by atoms with E-state index in [0.717, 1.165) is 10.6 Å². The molecular weight excluding hydrogens is 288 g/mol. The second kappa shape index (κ2) is 5.61. The minimum absolute atomic E-state index is 0.113. The standard InChI is InChI=1S/C14H14N4O2S/c1-18-7-6-12(17-18)16-13(19)8-11-14(20)15-9-4-2-3-5-10(9)21-11/h2-7,11H,8H2,1H3,(H,15,20)(H,16,17,19)/t11-/m0/s1. The molecule has 1 aromatic carbocycles. The van der Waals surface area contributed by atoms with Crippen molar-refractivity contribution in [1.82, 2.24) is 9.78 Å². The van der Waals surface area contributed by atoms with Gasteiger partial charge in [0.1, 0.15) is 0 Å². The van der Waals surface area contributed by atoms with Crippen LogP contribution in [0.2, 0.25) is 0 Å². The zero-order chi connectivity index (χ0) is 14.8. The summed E-state index contributed by atoms with van der Waals surface area (Å²) < 4.78 is 1.61. The second-order valence-electron chi connectivity index (χ2n) is 4.72. The molecule has 0 saturated heterocycles. The molecule has 0 aliphatic carbocycles. The number of hydrogen-bond acceptors (Lipinski definition) is 4. The van der Waals surface area contributed by atoms with Crippen LogP contribution in [0.4, 0.5) is 11.5 Å². The average Bonchev–Trinajstić information content (AvgIpc) is 2.85. The summed E-state index contributed by atoms with van der Waals surface area (Å²) in [4.78, 5) is 25.0. The lowest BCUT2D eigenvalue weighted by Crippen LogP contribution is -2.32. The molecule has 2 amide bonds. The molecule has 0 radical (unpaired) electrons. The van der Waals surface area contributed by atoms with Crippen molar-refractivity contribution in [3.8, 4) is 0 Å². The van der Waals surface area contributed by atoms with Crippen LogP contribution in [0.15, 0.2) is 41.4 Å². The Kier molecular flexibility index (Phi) is 3.66. The van der Waals surface area contributed by atoms with Gasteiger partial charge in [0.25, 0.3) is 0 Å². The van der Waals surface area contributed by atoms with Crippen molar-refractivity contribution in [1.29, 1.82) is 0 Å². The third-order valence-corrected chi connectivity index (χ3v) is 4.33. The summed E-state index contributed by atoms with van der Waals surface area (Å²) in [6, 6.07) is 9.27. The molecule has 1 aliphatic heterocycles. The Bertz CT molecular complexity index is 698. The van der Waals surface area contributed by atoms with E-state index >= 15 is 0 Å². The Morgan fingerprint density at radius 2 is 2.24 bits per heavy atom. The first-order chi connectivity index (χ1) is 10.1. The SMILES string of the molecule is Cn1ccc(NC(=O)C[C@@H]2Sc3ccccc3NC2=O)n1. The molecule has 1 aromatic heterocycles. The van der Waals surface area contributed by atoms with E-state index in [2.05, 4.69) is 15.7 Å². The molecule has 1 aliphatic rings. The summed E-state index contributed by atoms with van der Waals surface area (Å²) in [6.07, 6.45) is 1.86. The van der Waals surface area contributed by atoms with Crippen LogP contribution in [0.25, 0.3) is 0 Å². The summed E-state index contributed by atoms with van der Waals surface area (Å²) in [6.45, 7) is 0. The van der Waals surface area contributed by atoms with Crippen LogP contribution in [0.3, 0.4) is 0 Å². The van der Waals surface area contributed by atoms with E-state index in [-0.39, 0.29) is 18.2 Å². The van der Waals surface area contributed by atoms with E-state index in [1.54, 1.807) is 24.0 Å². The molecule has 21 heavy (non-hydrogen) atoms. The number of aryl methyl sites for hydroxylation is 1. The Hall–Kier alpha value is -2.28. The largest absolute Gasteiger partial charge is 0.324 e. The van der Waals surface area contributed by atoms with Crippen molar-refractivity contribution in [2.75, 3.05) is 10.6 Å². The summed E-state index contributed by atoms with van der Waals surface area (Å²) in [7, 11) is 1.77. The van der Waals surface area contributed by atoms with Gasteiger partial charge in [-0.15, -0.1) is 11.8 Å². The van der Waals surface area contributed by atoms with Gasteiger partial charge in [0, 0.05) is 30.6 Å². The predicted molar refractivity (Wildman–Crippen MR) is 81.2 cm³/mol. The van der Waals surface area contributed by atoms with Crippen LogP contribution < -0.4 is 10.6 Å². The molecule has 6 nitrogen and oxygen atoms in total. The van der Waals surface area contributed by atoms with E-state index in [0.29, 0.717) is 5.82 Å². The van der Waals surface area contributed by atoms with Crippen LogP contribution >= 0.6 is 11.8 Å². The summed E-state index contributed by atoms with van der Waals surface area (Å²) >= 11 is 1.41. The summed E-state index contributed by atoms with van der Waals surface area (Å²) in [5.74, 6) is 0.125. The fourth-order valence-electron chi connectivity index (χ4n) is 2.07. The molecule has 7 heteroatoms. The van der Waals surface area contributed by atoms with Gasteiger partial charge >= 0.3 is 0 Å². The van der Waals surface area contributed by atoms with Gasteiger partial charge in [0.05, 0.1) is 10.9 Å². The van der Waals surface area contributed by atoms with Gasteiger partial charge in [-0.2, -0.15) is 5.10 Å². The summed E-state index contributed by atoms with van der Waals surface area (Å²) in [5, 5.41) is 9.16. The first-order valence-electron chi connectivity index (χ1n) is 6.48. The number of nitrogens with zero attached hydrogens (tertiary/aromatic N) is 2. The molecule has 3 rings (SSSR count). The number of carbonyl (C=O) groups is 2. The Morgan fingerprint density at radius 1 is 1.43 bits per heavy atom. The summed E-state index contributed by atoms with van der Waals surface area (Å²) in [5.41, 5.74) is 0.800. The molecule has 1 atom stereocenters. The number of aromatic nitrogens is 2. The molecule has 2 aromatic rings. The van der Waals surface area contributed by atoms with Gasteiger partial charge in [-0.1, -0.05) is 12.1 Å². The topological polar surface area (TPSA) is 76.0 Å². The maximum absolute atomic E-state index is 12.0. The Morgan fingerprint density at radius 3 is 3.00 bits per heavy atom. The normalized spacial score (nSPS) is 17.0. The van der Waals surface area contributed by atoms with Crippen molar-refractivity contribution >= 4 is 35.1 Å². The number of amides is 2. The first kappa shape index (κ1) is 13.7. The third-order valence-electron chi connectivity index (χ3n) is 3.06. The lowest BCUT2D eigenvalue weighted by Gasteiger charge is -2.23. The molecule has 0 bridgehead atoms. The van der Waals surface area contributed by atoms with Gasteiger partial charge in [-0.3, -0.25) is 14.3 Å². The third kappa shape index (κ3) is 3.08. The first-order valence-corrected chi connectivity index (χ1v) is 7.36. The lowest BCUT2D eigenvalue weighted by molar-refractivity contribution is -0.120. The molecule has 2 heterocycles. The number of anilines is 2. The highest BCUT2D eigenvalue weighted by Gasteiger charge is 2.28. The second-order valence-corrected chi connectivity index (χ2v) is 5.96. The Labute approximate surface area is 125 Å². The Balaban J connectivity index is 1.65. The number of fused-ring (bicyclic) bond motifs is 1. The maximum atomic E-state index is 12.0. The fraction of sp³-hybridized carbons (Fsp3) is 0.214. The van der Waals surface area contributed by atoms with Crippen LogP contribution in [-0.4, -0.2) is 26.8 Å². The molecular formula is C14H14N4O2S. The van der Waals surface area contributed by atoms with Crippen molar-refractivity contribution in [2.24, 2.45) is 7.05 Å². The highest BCUT2D eigenvalue weighted by molar-refractivity contribution is 8.01. The van der Waals surface area contributed by atoms with E-state index < -0.39 is 5.25 Å².